The molecule has 0 radical (unpaired) electrons. The van der Waals surface area contributed by atoms with Gasteiger partial charge in [0.25, 0.3) is 0 Å². The number of halogens is 3. The van der Waals surface area contributed by atoms with Crippen molar-refractivity contribution in [3.63, 3.8) is 0 Å². The first-order valence-corrected chi connectivity index (χ1v) is 11.7. The number of pyridine rings is 1. The largest absolute Gasteiger partial charge is 0.471 e. The minimum absolute atomic E-state index is 0.0843. The number of nitrogens with one attached hydrogen (secondary N) is 2. The summed E-state index contributed by atoms with van der Waals surface area (Å²) in [5.41, 5.74) is 0.829. The molecule has 3 atom stereocenters. The van der Waals surface area contributed by atoms with Crippen molar-refractivity contribution in [3.8, 4) is 11.6 Å². The van der Waals surface area contributed by atoms with Crippen molar-refractivity contribution in [2.75, 3.05) is 6.54 Å². The van der Waals surface area contributed by atoms with Gasteiger partial charge in [0.2, 0.25) is 11.8 Å². The number of amides is 1. The predicted octanol–water partition coefficient (Wildman–Crippen LogP) is 3.66. The fourth-order valence-electron chi connectivity index (χ4n) is 4.70. The first-order valence-electron chi connectivity index (χ1n) is 11.7. The summed E-state index contributed by atoms with van der Waals surface area (Å²) in [5.74, 6) is -0.446. The Morgan fingerprint density at radius 1 is 1.37 bits per heavy atom. The van der Waals surface area contributed by atoms with Gasteiger partial charge in [0, 0.05) is 38.4 Å². The predicted molar refractivity (Wildman–Crippen MR) is 122 cm³/mol. The van der Waals surface area contributed by atoms with E-state index >= 15 is 0 Å². The minimum atomic E-state index is -3.36. The number of aliphatic hydroxyl groups is 1. The van der Waals surface area contributed by atoms with Gasteiger partial charge in [-0.3, -0.25) is 4.79 Å². The highest BCUT2D eigenvalue weighted by molar-refractivity contribution is 5.73. The SMILES string of the molecule is CC(=O)N[C@@H](Cc1cccc(F)c1)[C@H](O)CN[C@H]1CC2(CCC2)Oc2ncc(OC(C)(F)F)cc21. The Morgan fingerprint density at radius 3 is 2.77 bits per heavy atom. The number of carbonyl (C=O) groups excluding carboxylic acids is 1. The molecule has 1 saturated carbocycles. The van der Waals surface area contributed by atoms with E-state index < -0.39 is 24.1 Å². The summed E-state index contributed by atoms with van der Waals surface area (Å²) in [4.78, 5) is 16.0. The average Bonchev–Trinajstić information content (AvgIpc) is 2.74. The number of fused-ring (bicyclic) bond motifs is 1. The molecule has 1 aromatic heterocycles. The van der Waals surface area contributed by atoms with Gasteiger partial charge in [0.15, 0.2) is 0 Å². The van der Waals surface area contributed by atoms with E-state index in [1.54, 1.807) is 12.1 Å². The standard InChI is InChI=1S/C25H30F3N3O4/c1-15(32)31-20(10-16-5-3-6-17(26)9-16)22(33)14-29-21-12-25(7-4-8-25)35-23-19(21)11-18(13-30-23)34-24(2,27)28/h3,5-6,9,11,13,20-22,29,33H,4,7-8,10,12,14H2,1-2H3,(H,31,32)/t20-,21-,22+/m0/s1. The van der Waals surface area contributed by atoms with Crippen LogP contribution in [-0.4, -0.2) is 46.4 Å². The Bertz CT molecular complexity index is 1060. The van der Waals surface area contributed by atoms with Crippen LogP contribution < -0.4 is 20.1 Å². The van der Waals surface area contributed by atoms with Crippen LogP contribution in [0.2, 0.25) is 0 Å². The van der Waals surface area contributed by atoms with Gasteiger partial charge >= 0.3 is 6.11 Å². The number of alkyl halides is 2. The summed E-state index contributed by atoms with van der Waals surface area (Å²) in [6.45, 7) is 2.10. The monoisotopic (exact) mass is 493 g/mol. The van der Waals surface area contributed by atoms with E-state index in [2.05, 4.69) is 20.4 Å². The molecule has 35 heavy (non-hydrogen) atoms. The minimum Gasteiger partial charge on any atom is -0.471 e. The lowest BCUT2D eigenvalue weighted by molar-refractivity contribution is -0.159. The summed E-state index contributed by atoms with van der Waals surface area (Å²) in [5, 5.41) is 17.0. The maximum atomic E-state index is 13.6. The van der Waals surface area contributed by atoms with E-state index in [1.165, 1.54) is 31.3 Å². The zero-order valence-electron chi connectivity index (χ0n) is 19.7. The van der Waals surface area contributed by atoms with Crippen molar-refractivity contribution in [1.82, 2.24) is 15.6 Å². The topological polar surface area (TPSA) is 92.7 Å². The Labute approximate surface area is 202 Å². The molecule has 0 saturated heterocycles. The van der Waals surface area contributed by atoms with Crippen molar-refractivity contribution in [1.29, 1.82) is 0 Å². The molecule has 2 aromatic rings. The molecule has 1 aromatic carbocycles. The number of carbonyl (C=O) groups is 1. The third-order valence-corrected chi connectivity index (χ3v) is 6.45. The van der Waals surface area contributed by atoms with E-state index in [0.29, 0.717) is 30.4 Å². The molecule has 190 valence electrons. The first-order chi connectivity index (χ1) is 16.5. The lowest BCUT2D eigenvalue weighted by atomic mass is 9.73. The highest BCUT2D eigenvalue weighted by Gasteiger charge is 2.46. The zero-order chi connectivity index (χ0) is 25.2. The molecule has 1 aliphatic heterocycles. The number of rotatable bonds is 9. The third-order valence-electron chi connectivity index (χ3n) is 6.45. The molecule has 1 amide bonds. The molecule has 1 spiro atoms. The van der Waals surface area contributed by atoms with Gasteiger partial charge in [-0.15, -0.1) is 0 Å². The number of ether oxygens (including phenoxy) is 2. The van der Waals surface area contributed by atoms with Crippen molar-refractivity contribution in [2.45, 2.75) is 75.8 Å². The maximum absolute atomic E-state index is 13.6. The van der Waals surface area contributed by atoms with Crippen LogP contribution in [0.25, 0.3) is 0 Å². The smallest absolute Gasteiger partial charge is 0.394 e. The second-order valence-electron chi connectivity index (χ2n) is 9.49. The molecule has 3 N–H and O–H groups in total. The number of hydrogen-bond donors (Lipinski definition) is 3. The molecule has 4 rings (SSSR count). The van der Waals surface area contributed by atoms with Crippen molar-refractivity contribution >= 4 is 5.91 Å². The van der Waals surface area contributed by atoms with Crippen LogP contribution in [0, 0.1) is 5.82 Å². The van der Waals surface area contributed by atoms with E-state index in [4.69, 9.17) is 4.74 Å². The second-order valence-corrected chi connectivity index (χ2v) is 9.49. The first kappa shape index (κ1) is 25.2. The molecule has 2 aliphatic rings. The summed E-state index contributed by atoms with van der Waals surface area (Å²) in [6, 6.07) is 6.48. The number of hydrogen-bond acceptors (Lipinski definition) is 6. The van der Waals surface area contributed by atoms with Gasteiger partial charge in [-0.05, 0) is 49.4 Å². The Hall–Kier alpha value is -2.85. The molecule has 0 unspecified atom stereocenters. The molecule has 0 bridgehead atoms. The van der Waals surface area contributed by atoms with E-state index in [0.717, 1.165) is 19.3 Å². The summed E-state index contributed by atoms with van der Waals surface area (Å²) >= 11 is 0. The second kappa shape index (κ2) is 10.0. The van der Waals surface area contributed by atoms with Crippen molar-refractivity contribution in [3.05, 3.63) is 53.5 Å². The molecular weight excluding hydrogens is 463 g/mol. The van der Waals surface area contributed by atoms with E-state index in [-0.39, 0.29) is 36.3 Å². The fourth-order valence-corrected chi connectivity index (χ4v) is 4.70. The molecule has 1 fully saturated rings. The summed E-state index contributed by atoms with van der Waals surface area (Å²) in [6.07, 6.45) is 0.398. The normalized spacial score (nSPS) is 20.2. The highest BCUT2D eigenvalue weighted by Crippen LogP contribution is 2.48. The van der Waals surface area contributed by atoms with Gasteiger partial charge in [-0.25, -0.2) is 9.37 Å². The lowest BCUT2D eigenvalue weighted by Crippen LogP contribution is -2.52. The number of nitrogens with zero attached hydrogens (tertiary/aromatic N) is 1. The lowest BCUT2D eigenvalue weighted by Gasteiger charge is -2.47. The van der Waals surface area contributed by atoms with E-state index in [9.17, 15) is 23.1 Å². The van der Waals surface area contributed by atoms with Gasteiger partial charge in [-0.1, -0.05) is 12.1 Å². The van der Waals surface area contributed by atoms with Crippen LogP contribution in [0.15, 0.2) is 36.5 Å². The number of aliphatic hydroxyl groups excluding tert-OH is 1. The maximum Gasteiger partial charge on any atom is 0.394 e. The molecule has 2 heterocycles. The quantitative estimate of drug-likeness (QED) is 0.494. The highest BCUT2D eigenvalue weighted by atomic mass is 19.3. The zero-order valence-corrected chi connectivity index (χ0v) is 19.7. The van der Waals surface area contributed by atoms with Crippen LogP contribution in [0.5, 0.6) is 11.6 Å². The Balaban J connectivity index is 1.50. The number of aromatic nitrogens is 1. The Kier molecular flexibility index (Phi) is 7.23. The third kappa shape index (κ3) is 6.43. The Morgan fingerprint density at radius 2 is 2.14 bits per heavy atom. The summed E-state index contributed by atoms with van der Waals surface area (Å²) < 4.78 is 51.2. The molecule has 1 aliphatic carbocycles. The number of benzene rings is 1. The van der Waals surface area contributed by atoms with Crippen LogP contribution in [0.4, 0.5) is 13.2 Å². The van der Waals surface area contributed by atoms with Crippen LogP contribution >= 0.6 is 0 Å². The van der Waals surface area contributed by atoms with Crippen LogP contribution in [0.3, 0.4) is 0 Å². The van der Waals surface area contributed by atoms with Crippen LogP contribution in [0.1, 0.15) is 56.7 Å². The van der Waals surface area contributed by atoms with Gasteiger partial charge in [-0.2, -0.15) is 8.78 Å². The van der Waals surface area contributed by atoms with E-state index in [1.807, 2.05) is 0 Å². The van der Waals surface area contributed by atoms with Gasteiger partial charge < -0.3 is 25.2 Å². The molecule has 7 nitrogen and oxygen atoms in total. The van der Waals surface area contributed by atoms with Gasteiger partial charge in [0.05, 0.1) is 18.3 Å². The van der Waals surface area contributed by atoms with Crippen LogP contribution in [-0.2, 0) is 11.2 Å². The fraction of sp³-hybridized carbons (Fsp3) is 0.520. The van der Waals surface area contributed by atoms with Crippen molar-refractivity contribution < 1.29 is 32.5 Å². The molecular formula is C25H30F3N3O4. The van der Waals surface area contributed by atoms with Gasteiger partial charge in [0.1, 0.15) is 17.2 Å². The average molecular weight is 494 g/mol. The summed E-state index contributed by atoms with van der Waals surface area (Å²) in [7, 11) is 0. The van der Waals surface area contributed by atoms with Crippen molar-refractivity contribution in [2.24, 2.45) is 0 Å². The molecule has 10 heteroatoms.